The molecule has 10 nitrogen and oxygen atoms in total. The maximum absolute atomic E-state index is 12.2. The Morgan fingerprint density at radius 2 is 2.17 bits per heavy atom. The molecule has 10 heteroatoms. The molecule has 0 aromatic carbocycles. The first-order valence-corrected chi connectivity index (χ1v) is 6.42. The SMILES string of the molecule is Cn1cc(NC(=O)c2coc(-c3ccnnc3)n2)c(C(N)=O)n1. The van der Waals surface area contributed by atoms with Crippen LogP contribution < -0.4 is 11.1 Å². The van der Waals surface area contributed by atoms with Crippen molar-refractivity contribution in [3.63, 3.8) is 0 Å². The van der Waals surface area contributed by atoms with Gasteiger partial charge in [0.1, 0.15) is 6.26 Å². The predicted octanol–water partition coefficient (Wildman–Crippen LogP) is 0.216. The summed E-state index contributed by atoms with van der Waals surface area (Å²) in [6.45, 7) is 0. The van der Waals surface area contributed by atoms with E-state index in [-0.39, 0.29) is 23.0 Å². The second-order valence-electron chi connectivity index (χ2n) is 4.55. The third-order valence-electron chi connectivity index (χ3n) is 2.88. The first-order valence-electron chi connectivity index (χ1n) is 6.42. The number of primary amides is 1. The van der Waals surface area contributed by atoms with Gasteiger partial charge in [-0.2, -0.15) is 15.3 Å². The number of hydrogen-bond acceptors (Lipinski definition) is 7. The second-order valence-corrected chi connectivity index (χ2v) is 4.55. The number of rotatable bonds is 4. The molecule has 3 heterocycles. The Bertz CT molecular complexity index is 869. The van der Waals surface area contributed by atoms with Crippen LogP contribution in [-0.2, 0) is 7.05 Å². The van der Waals surface area contributed by atoms with Crippen molar-refractivity contribution in [2.24, 2.45) is 12.8 Å². The number of carbonyl (C=O) groups is 2. The van der Waals surface area contributed by atoms with Crippen LogP contribution >= 0.6 is 0 Å². The minimum absolute atomic E-state index is 0.0380. The monoisotopic (exact) mass is 313 g/mol. The van der Waals surface area contributed by atoms with Gasteiger partial charge in [0, 0.05) is 13.2 Å². The summed E-state index contributed by atoms with van der Waals surface area (Å²) in [6.07, 6.45) is 5.60. The van der Waals surface area contributed by atoms with E-state index in [0.717, 1.165) is 0 Å². The molecule has 0 aliphatic rings. The average molecular weight is 313 g/mol. The summed E-state index contributed by atoms with van der Waals surface area (Å²) in [7, 11) is 1.60. The quantitative estimate of drug-likeness (QED) is 0.701. The fraction of sp³-hybridized carbons (Fsp3) is 0.0769. The van der Waals surface area contributed by atoms with Crippen molar-refractivity contribution >= 4 is 17.5 Å². The van der Waals surface area contributed by atoms with Crippen LogP contribution in [0, 0.1) is 0 Å². The molecule has 3 aromatic rings. The zero-order valence-electron chi connectivity index (χ0n) is 11.9. The molecule has 0 spiro atoms. The number of carbonyl (C=O) groups excluding carboxylic acids is 2. The number of nitrogens with zero attached hydrogens (tertiary/aromatic N) is 5. The lowest BCUT2D eigenvalue weighted by Crippen LogP contribution is -2.18. The minimum Gasteiger partial charge on any atom is -0.444 e. The van der Waals surface area contributed by atoms with Gasteiger partial charge in [-0.15, -0.1) is 0 Å². The van der Waals surface area contributed by atoms with E-state index in [2.05, 4.69) is 25.6 Å². The summed E-state index contributed by atoms with van der Waals surface area (Å²) < 4.78 is 6.61. The third-order valence-corrected chi connectivity index (χ3v) is 2.88. The number of anilines is 1. The Balaban J connectivity index is 1.82. The molecule has 3 aromatic heterocycles. The van der Waals surface area contributed by atoms with Crippen molar-refractivity contribution in [3.8, 4) is 11.5 Å². The van der Waals surface area contributed by atoms with E-state index in [9.17, 15) is 9.59 Å². The molecule has 0 saturated heterocycles. The molecule has 0 fully saturated rings. The molecule has 0 aliphatic heterocycles. The Hall–Kier alpha value is -3.56. The van der Waals surface area contributed by atoms with Gasteiger partial charge in [-0.1, -0.05) is 0 Å². The van der Waals surface area contributed by atoms with Gasteiger partial charge in [-0.25, -0.2) is 4.98 Å². The highest BCUT2D eigenvalue weighted by atomic mass is 16.3. The zero-order chi connectivity index (χ0) is 16.4. The summed E-state index contributed by atoms with van der Waals surface area (Å²) in [4.78, 5) is 27.6. The molecule has 0 atom stereocenters. The largest absolute Gasteiger partial charge is 0.444 e. The summed E-state index contributed by atoms with van der Waals surface area (Å²) in [6, 6.07) is 1.65. The fourth-order valence-electron chi connectivity index (χ4n) is 1.88. The number of aryl methyl sites for hydroxylation is 1. The van der Waals surface area contributed by atoms with Crippen molar-refractivity contribution in [2.75, 3.05) is 5.32 Å². The molecule has 0 saturated carbocycles. The normalized spacial score (nSPS) is 10.5. The number of amides is 2. The predicted molar refractivity (Wildman–Crippen MR) is 77.2 cm³/mol. The van der Waals surface area contributed by atoms with Crippen LogP contribution in [0.25, 0.3) is 11.5 Å². The van der Waals surface area contributed by atoms with Crippen LogP contribution in [0.5, 0.6) is 0 Å². The highest BCUT2D eigenvalue weighted by Gasteiger charge is 2.19. The van der Waals surface area contributed by atoms with E-state index in [1.807, 2.05) is 0 Å². The Kier molecular flexibility index (Phi) is 3.55. The van der Waals surface area contributed by atoms with Gasteiger partial charge >= 0.3 is 0 Å². The van der Waals surface area contributed by atoms with E-state index < -0.39 is 11.8 Å². The van der Waals surface area contributed by atoms with Crippen LogP contribution in [0.1, 0.15) is 21.0 Å². The molecule has 0 radical (unpaired) electrons. The third kappa shape index (κ3) is 2.90. The summed E-state index contributed by atoms with van der Waals surface area (Å²) in [5, 5.41) is 13.7. The van der Waals surface area contributed by atoms with Crippen molar-refractivity contribution < 1.29 is 14.0 Å². The maximum atomic E-state index is 12.2. The van der Waals surface area contributed by atoms with Crippen LogP contribution in [0.4, 0.5) is 5.69 Å². The zero-order valence-corrected chi connectivity index (χ0v) is 11.9. The number of aromatic nitrogens is 5. The number of nitrogens with one attached hydrogen (secondary N) is 1. The molecule has 2 amide bonds. The first kappa shape index (κ1) is 14.4. The first-order chi connectivity index (χ1) is 11.0. The van der Waals surface area contributed by atoms with Crippen molar-refractivity contribution in [2.45, 2.75) is 0 Å². The van der Waals surface area contributed by atoms with E-state index in [0.29, 0.717) is 5.56 Å². The van der Waals surface area contributed by atoms with Gasteiger partial charge in [-0.3, -0.25) is 14.3 Å². The average Bonchev–Trinajstić information content (AvgIpc) is 3.15. The summed E-state index contributed by atoms with van der Waals surface area (Å²) in [5.41, 5.74) is 5.98. The van der Waals surface area contributed by atoms with Gasteiger partial charge in [0.25, 0.3) is 11.8 Å². The summed E-state index contributed by atoms with van der Waals surface area (Å²) >= 11 is 0. The fourth-order valence-corrected chi connectivity index (χ4v) is 1.88. The Morgan fingerprint density at radius 3 is 2.87 bits per heavy atom. The van der Waals surface area contributed by atoms with Gasteiger partial charge in [0.15, 0.2) is 11.4 Å². The molecule has 0 unspecified atom stereocenters. The van der Waals surface area contributed by atoms with Crippen LogP contribution in [-0.4, -0.2) is 36.8 Å². The molecule has 0 bridgehead atoms. The highest BCUT2D eigenvalue weighted by molar-refractivity contribution is 6.07. The van der Waals surface area contributed by atoms with Crippen LogP contribution in [0.3, 0.4) is 0 Å². The molecular weight excluding hydrogens is 302 g/mol. The van der Waals surface area contributed by atoms with Crippen LogP contribution in [0.15, 0.2) is 35.3 Å². The van der Waals surface area contributed by atoms with Crippen molar-refractivity contribution in [1.82, 2.24) is 25.0 Å². The molecule has 3 N–H and O–H groups in total. The van der Waals surface area contributed by atoms with E-state index in [1.165, 1.54) is 29.5 Å². The Morgan fingerprint density at radius 1 is 1.35 bits per heavy atom. The van der Waals surface area contributed by atoms with Crippen LogP contribution in [0.2, 0.25) is 0 Å². The molecule has 23 heavy (non-hydrogen) atoms. The van der Waals surface area contributed by atoms with Crippen molar-refractivity contribution in [1.29, 1.82) is 0 Å². The van der Waals surface area contributed by atoms with Gasteiger partial charge in [-0.05, 0) is 6.07 Å². The minimum atomic E-state index is -0.746. The smallest absolute Gasteiger partial charge is 0.277 e. The van der Waals surface area contributed by atoms with Gasteiger partial charge < -0.3 is 15.5 Å². The standard InChI is InChI=1S/C13H11N7O3/c1-20-5-8(10(19-20)11(14)21)17-12(22)9-6-23-13(18-9)7-2-3-15-16-4-7/h2-6H,1H3,(H2,14,21)(H,17,22). The highest BCUT2D eigenvalue weighted by Crippen LogP contribution is 2.18. The molecule has 116 valence electrons. The lowest BCUT2D eigenvalue weighted by atomic mass is 10.3. The van der Waals surface area contributed by atoms with Gasteiger partial charge in [0.05, 0.1) is 23.6 Å². The lowest BCUT2D eigenvalue weighted by Gasteiger charge is -2.00. The molecular formula is C13H11N7O3. The van der Waals surface area contributed by atoms with Crippen molar-refractivity contribution in [3.05, 3.63) is 42.3 Å². The maximum Gasteiger partial charge on any atom is 0.277 e. The number of oxazole rings is 1. The van der Waals surface area contributed by atoms with Gasteiger partial charge in [0.2, 0.25) is 5.89 Å². The molecule has 3 rings (SSSR count). The lowest BCUT2D eigenvalue weighted by molar-refractivity contribution is 0.0995. The van der Waals surface area contributed by atoms with E-state index >= 15 is 0 Å². The number of hydrogen-bond donors (Lipinski definition) is 2. The van der Waals surface area contributed by atoms with E-state index in [4.69, 9.17) is 10.2 Å². The second kappa shape index (κ2) is 5.67. The molecule has 0 aliphatic carbocycles. The number of nitrogens with two attached hydrogens (primary N) is 1. The Labute approximate surface area is 129 Å². The summed E-state index contributed by atoms with van der Waals surface area (Å²) in [5.74, 6) is -1.08. The van der Waals surface area contributed by atoms with E-state index in [1.54, 1.807) is 13.1 Å². The topological polar surface area (TPSA) is 142 Å².